The summed E-state index contributed by atoms with van der Waals surface area (Å²) in [6.07, 6.45) is 0. The molecule has 6 heteroatoms. The Bertz CT molecular complexity index is 603. The Labute approximate surface area is 114 Å². The van der Waals surface area contributed by atoms with Gasteiger partial charge in [0.25, 0.3) is 0 Å². The number of benzene rings is 2. The van der Waals surface area contributed by atoms with Gasteiger partial charge in [-0.2, -0.15) is 0 Å². The van der Waals surface area contributed by atoms with Gasteiger partial charge in [-0.3, -0.25) is 0 Å². The largest absolute Gasteiger partial charge is 0.207 e. The topological polar surface area (TPSA) is 0 Å². The highest BCUT2D eigenvalue weighted by Gasteiger charge is 2.23. The summed E-state index contributed by atoms with van der Waals surface area (Å²) in [6, 6.07) is 3.50. The summed E-state index contributed by atoms with van der Waals surface area (Å²) in [5.41, 5.74) is -0.852. The van der Waals surface area contributed by atoms with Crippen LogP contribution in [-0.2, 0) is 0 Å². The third kappa shape index (κ3) is 2.78. The van der Waals surface area contributed by atoms with Gasteiger partial charge in [0.2, 0.25) is 0 Å². The number of alkyl halides is 1. The molecule has 0 aliphatic heterocycles. The van der Waals surface area contributed by atoms with E-state index in [9.17, 15) is 22.0 Å². The Morgan fingerprint density at radius 3 is 1.89 bits per heavy atom. The number of hydrogen-bond acceptors (Lipinski definition) is 0. The van der Waals surface area contributed by atoms with Crippen LogP contribution in [0.4, 0.5) is 22.0 Å². The van der Waals surface area contributed by atoms with Crippen molar-refractivity contribution in [2.45, 2.75) is 4.83 Å². The zero-order valence-corrected chi connectivity index (χ0v) is 10.8. The summed E-state index contributed by atoms with van der Waals surface area (Å²) < 4.78 is 66.5. The second-order valence-electron chi connectivity index (χ2n) is 3.81. The van der Waals surface area contributed by atoms with E-state index in [2.05, 4.69) is 15.9 Å². The van der Waals surface area contributed by atoms with Crippen molar-refractivity contribution in [1.29, 1.82) is 0 Å². The molecule has 2 aromatic carbocycles. The van der Waals surface area contributed by atoms with Crippen LogP contribution in [0.5, 0.6) is 0 Å². The maximum atomic E-state index is 13.6. The lowest BCUT2D eigenvalue weighted by Gasteiger charge is -2.14. The molecule has 0 nitrogen and oxygen atoms in total. The molecular weight excluding hydrogens is 331 g/mol. The lowest BCUT2D eigenvalue weighted by atomic mass is 10.0. The van der Waals surface area contributed by atoms with E-state index in [1.54, 1.807) is 0 Å². The molecule has 0 radical (unpaired) electrons. The monoisotopic (exact) mass is 336 g/mol. The average molecular weight is 337 g/mol. The van der Waals surface area contributed by atoms with Crippen molar-refractivity contribution in [1.82, 2.24) is 0 Å². The Balaban J connectivity index is 2.56. The molecule has 0 saturated carbocycles. The fourth-order valence-electron chi connectivity index (χ4n) is 1.66. The molecule has 0 bridgehead atoms. The van der Waals surface area contributed by atoms with Crippen molar-refractivity contribution in [3.8, 4) is 0 Å². The Kier molecular flexibility index (Phi) is 3.89. The summed E-state index contributed by atoms with van der Waals surface area (Å²) in [5.74, 6) is -5.01. The normalized spacial score (nSPS) is 12.5. The molecule has 2 rings (SSSR count). The van der Waals surface area contributed by atoms with E-state index in [0.717, 1.165) is 18.2 Å². The zero-order valence-electron chi connectivity index (χ0n) is 9.23. The van der Waals surface area contributed by atoms with Gasteiger partial charge >= 0.3 is 0 Å². The average Bonchev–Trinajstić information content (AvgIpc) is 2.30. The molecule has 0 aromatic heterocycles. The van der Waals surface area contributed by atoms with Crippen molar-refractivity contribution in [3.05, 3.63) is 70.5 Å². The molecule has 2 aromatic rings. The van der Waals surface area contributed by atoms with Crippen molar-refractivity contribution >= 4 is 15.9 Å². The molecule has 1 atom stereocenters. The minimum absolute atomic E-state index is 0.274. The van der Waals surface area contributed by atoms with Gasteiger partial charge in [0.1, 0.15) is 29.1 Å². The first-order chi connectivity index (χ1) is 8.90. The third-order valence-electron chi connectivity index (χ3n) is 2.53. The fraction of sp³-hybridized carbons (Fsp3) is 0.0769. The number of halogens is 6. The highest BCUT2D eigenvalue weighted by Crippen LogP contribution is 2.36. The van der Waals surface area contributed by atoms with Gasteiger partial charge in [0.15, 0.2) is 0 Å². The standard InChI is InChI=1S/C13H6BrF5/c14-13(8-3-6(15)1-2-9(8)17)12-10(18)4-7(16)5-11(12)19/h1-5,13H. The first kappa shape index (κ1) is 14.0. The highest BCUT2D eigenvalue weighted by atomic mass is 79.9. The summed E-state index contributed by atoms with van der Waals surface area (Å²) in [5, 5.41) is 0. The first-order valence-corrected chi connectivity index (χ1v) is 6.05. The van der Waals surface area contributed by atoms with Crippen molar-refractivity contribution < 1.29 is 22.0 Å². The summed E-state index contributed by atoms with van der Waals surface area (Å²) in [7, 11) is 0. The molecular formula is C13H6BrF5. The molecule has 0 fully saturated rings. The molecule has 0 heterocycles. The molecule has 19 heavy (non-hydrogen) atoms. The minimum Gasteiger partial charge on any atom is -0.207 e. The molecule has 0 saturated heterocycles. The quantitative estimate of drug-likeness (QED) is 0.542. The van der Waals surface area contributed by atoms with Crippen LogP contribution in [0.2, 0.25) is 0 Å². The molecule has 0 aliphatic carbocycles. The van der Waals surface area contributed by atoms with Crippen LogP contribution in [0.1, 0.15) is 16.0 Å². The second-order valence-corrected chi connectivity index (χ2v) is 4.73. The molecule has 0 spiro atoms. The van der Waals surface area contributed by atoms with Crippen molar-refractivity contribution in [2.24, 2.45) is 0 Å². The maximum Gasteiger partial charge on any atom is 0.133 e. The van der Waals surface area contributed by atoms with Gasteiger partial charge < -0.3 is 0 Å². The van der Waals surface area contributed by atoms with E-state index in [4.69, 9.17) is 0 Å². The molecule has 0 N–H and O–H groups in total. The van der Waals surface area contributed by atoms with Gasteiger partial charge in [-0.1, -0.05) is 15.9 Å². The zero-order chi connectivity index (χ0) is 14.2. The molecule has 0 aliphatic rings. The van der Waals surface area contributed by atoms with E-state index in [1.165, 1.54) is 0 Å². The Morgan fingerprint density at radius 1 is 0.737 bits per heavy atom. The van der Waals surface area contributed by atoms with E-state index in [0.29, 0.717) is 12.1 Å². The van der Waals surface area contributed by atoms with Crippen LogP contribution >= 0.6 is 15.9 Å². The molecule has 100 valence electrons. The van der Waals surface area contributed by atoms with Gasteiger partial charge in [0, 0.05) is 23.3 Å². The van der Waals surface area contributed by atoms with E-state index < -0.39 is 39.5 Å². The summed E-state index contributed by atoms with van der Waals surface area (Å²) in [6.45, 7) is 0. The first-order valence-electron chi connectivity index (χ1n) is 5.13. The predicted molar refractivity (Wildman–Crippen MR) is 63.4 cm³/mol. The second kappa shape index (κ2) is 5.28. The van der Waals surface area contributed by atoms with Gasteiger partial charge in [-0.25, -0.2) is 22.0 Å². The summed E-state index contributed by atoms with van der Waals surface area (Å²) in [4.78, 5) is -1.26. The van der Waals surface area contributed by atoms with E-state index >= 15 is 0 Å². The van der Waals surface area contributed by atoms with E-state index in [1.807, 2.05) is 0 Å². The number of rotatable bonds is 2. The Morgan fingerprint density at radius 2 is 1.32 bits per heavy atom. The van der Waals surface area contributed by atoms with Crippen LogP contribution < -0.4 is 0 Å². The predicted octanol–water partition coefficient (Wildman–Crippen LogP) is 4.87. The van der Waals surface area contributed by atoms with Gasteiger partial charge in [0.05, 0.1) is 4.83 Å². The summed E-state index contributed by atoms with van der Waals surface area (Å²) >= 11 is 2.90. The number of hydrogen-bond donors (Lipinski definition) is 0. The van der Waals surface area contributed by atoms with Crippen LogP contribution in [0.3, 0.4) is 0 Å². The van der Waals surface area contributed by atoms with Crippen LogP contribution in [0.25, 0.3) is 0 Å². The van der Waals surface area contributed by atoms with Crippen LogP contribution in [0.15, 0.2) is 30.3 Å². The lowest BCUT2D eigenvalue weighted by molar-refractivity contribution is 0.523. The maximum absolute atomic E-state index is 13.6. The highest BCUT2D eigenvalue weighted by molar-refractivity contribution is 9.09. The van der Waals surface area contributed by atoms with Crippen LogP contribution in [-0.4, -0.2) is 0 Å². The van der Waals surface area contributed by atoms with Crippen molar-refractivity contribution in [2.75, 3.05) is 0 Å². The van der Waals surface area contributed by atoms with Gasteiger partial charge in [-0.05, 0) is 18.2 Å². The lowest BCUT2D eigenvalue weighted by Crippen LogP contribution is -2.04. The Hall–Kier alpha value is -1.43. The van der Waals surface area contributed by atoms with Crippen molar-refractivity contribution in [3.63, 3.8) is 0 Å². The van der Waals surface area contributed by atoms with Crippen LogP contribution in [0, 0.1) is 29.1 Å². The third-order valence-corrected chi connectivity index (χ3v) is 3.48. The van der Waals surface area contributed by atoms with E-state index in [-0.39, 0.29) is 5.56 Å². The molecule has 1 unspecified atom stereocenters. The molecule has 0 amide bonds. The fourth-order valence-corrected chi connectivity index (χ4v) is 2.45. The SMILES string of the molecule is Fc1cc(F)c(C(Br)c2cc(F)ccc2F)c(F)c1. The van der Waals surface area contributed by atoms with Gasteiger partial charge in [-0.15, -0.1) is 0 Å². The smallest absolute Gasteiger partial charge is 0.133 e. The minimum atomic E-state index is -1.26.